The van der Waals surface area contributed by atoms with E-state index < -0.39 is 0 Å². The molecule has 0 aliphatic heterocycles. The number of benzene rings is 2. The van der Waals surface area contributed by atoms with Crippen LogP contribution in [-0.2, 0) is 0 Å². The Labute approximate surface area is 158 Å². The second-order valence-electron chi connectivity index (χ2n) is 5.77. The van der Waals surface area contributed by atoms with Crippen molar-refractivity contribution in [2.75, 3.05) is 11.1 Å². The van der Waals surface area contributed by atoms with Gasteiger partial charge in [0.2, 0.25) is 5.13 Å². The third kappa shape index (κ3) is 3.49. The fraction of sp³-hybridized carbons (Fsp3) is 0.105. The average Bonchev–Trinajstić information content (AvgIpc) is 3.28. The zero-order valence-corrected chi connectivity index (χ0v) is 15.7. The number of carbonyl (C=O) groups excluding carboxylic acids is 1. The van der Waals surface area contributed by atoms with E-state index in [0.29, 0.717) is 5.75 Å². The van der Waals surface area contributed by atoms with Crippen LogP contribution in [0.4, 0.5) is 10.8 Å². The second-order valence-corrected chi connectivity index (χ2v) is 7.97. The van der Waals surface area contributed by atoms with E-state index in [9.17, 15) is 4.79 Å². The Kier molecular flexibility index (Phi) is 4.73. The van der Waals surface area contributed by atoms with Crippen LogP contribution in [0.5, 0.6) is 0 Å². The van der Waals surface area contributed by atoms with Gasteiger partial charge in [0.1, 0.15) is 0 Å². The minimum atomic E-state index is 0.0797. The number of carbonyl (C=O) groups is 1. The molecular weight excluding hydrogens is 364 g/mol. The number of ketones is 1. The molecule has 4 rings (SSSR count). The van der Waals surface area contributed by atoms with Gasteiger partial charge in [0.05, 0.1) is 5.75 Å². The number of aromatic amines is 1. The van der Waals surface area contributed by atoms with Gasteiger partial charge in [0, 0.05) is 28.4 Å². The molecule has 0 aliphatic rings. The number of thioether (sulfide) groups is 1. The summed E-state index contributed by atoms with van der Waals surface area (Å²) in [6, 6.07) is 15.8. The molecular formula is C19H16N4OS2. The third-order valence-electron chi connectivity index (χ3n) is 4.01. The lowest BCUT2D eigenvalue weighted by Crippen LogP contribution is -2.01. The second kappa shape index (κ2) is 7.31. The molecule has 2 aromatic heterocycles. The zero-order chi connectivity index (χ0) is 17.9. The summed E-state index contributed by atoms with van der Waals surface area (Å²) in [5.41, 5.74) is 3.85. The lowest BCUT2D eigenvalue weighted by Gasteiger charge is -2.04. The highest BCUT2D eigenvalue weighted by molar-refractivity contribution is 8.01. The number of fused-ring (bicyclic) bond motifs is 1. The summed E-state index contributed by atoms with van der Waals surface area (Å²) in [4.78, 5) is 15.7. The number of aryl methyl sites for hydroxylation is 1. The van der Waals surface area contributed by atoms with E-state index in [1.807, 2.05) is 55.5 Å². The minimum absolute atomic E-state index is 0.0797. The number of anilines is 2. The Morgan fingerprint density at radius 1 is 1.15 bits per heavy atom. The number of nitrogens with zero attached hydrogens (tertiary/aromatic N) is 2. The van der Waals surface area contributed by atoms with Crippen molar-refractivity contribution in [3.8, 4) is 0 Å². The van der Waals surface area contributed by atoms with Crippen LogP contribution in [0.15, 0.2) is 59.1 Å². The molecule has 2 aromatic carbocycles. The van der Waals surface area contributed by atoms with Crippen molar-refractivity contribution in [1.29, 1.82) is 0 Å². The Hall–Kier alpha value is -2.64. The minimum Gasteiger partial charge on any atom is -0.360 e. The van der Waals surface area contributed by atoms with Crippen LogP contribution in [0, 0.1) is 6.92 Å². The van der Waals surface area contributed by atoms with Crippen LogP contribution < -0.4 is 5.32 Å². The molecule has 0 spiro atoms. The van der Waals surface area contributed by atoms with Gasteiger partial charge in [-0.05, 0) is 24.6 Å². The van der Waals surface area contributed by atoms with Crippen LogP contribution in [0.2, 0.25) is 0 Å². The van der Waals surface area contributed by atoms with E-state index in [1.54, 1.807) is 6.20 Å². The first-order valence-corrected chi connectivity index (χ1v) is 9.89. The predicted octanol–water partition coefficient (Wildman–Crippen LogP) is 5.05. The normalized spacial score (nSPS) is 11.0. The maximum Gasteiger partial charge on any atom is 0.210 e. The average molecular weight is 380 g/mol. The lowest BCUT2D eigenvalue weighted by atomic mass is 10.1. The number of hydrogen-bond acceptors (Lipinski definition) is 6. The SMILES string of the molecule is Cc1ccccc1Nc1nnc(SCC(=O)c2c[nH]c3ccccc23)s1. The quantitative estimate of drug-likeness (QED) is 0.362. The summed E-state index contributed by atoms with van der Waals surface area (Å²) in [5, 5.41) is 13.3. The van der Waals surface area contributed by atoms with Crippen molar-refractivity contribution >= 4 is 50.6 Å². The van der Waals surface area contributed by atoms with E-state index in [4.69, 9.17) is 0 Å². The maximum atomic E-state index is 12.5. The van der Waals surface area contributed by atoms with Crippen molar-refractivity contribution in [3.63, 3.8) is 0 Å². The summed E-state index contributed by atoms with van der Waals surface area (Å²) in [5.74, 6) is 0.414. The molecule has 0 saturated heterocycles. The Morgan fingerprint density at radius 2 is 1.96 bits per heavy atom. The van der Waals surface area contributed by atoms with Gasteiger partial charge in [-0.3, -0.25) is 4.79 Å². The molecule has 26 heavy (non-hydrogen) atoms. The summed E-state index contributed by atoms with van der Waals surface area (Å²) in [6.45, 7) is 2.04. The van der Waals surface area contributed by atoms with Gasteiger partial charge < -0.3 is 10.3 Å². The van der Waals surface area contributed by atoms with Gasteiger partial charge in [-0.25, -0.2) is 0 Å². The van der Waals surface area contributed by atoms with Crippen LogP contribution in [0.3, 0.4) is 0 Å². The van der Waals surface area contributed by atoms with Crippen LogP contribution >= 0.6 is 23.1 Å². The molecule has 0 saturated carbocycles. The molecule has 0 amide bonds. The highest BCUT2D eigenvalue weighted by Crippen LogP contribution is 2.29. The third-order valence-corrected chi connectivity index (χ3v) is 5.98. The summed E-state index contributed by atoms with van der Waals surface area (Å²) in [6.07, 6.45) is 1.78. The molecule has 4 aromatic rings. The van der Waals surface area contributed by atoms with Crippen molar-refractivity contribution < 1.29 is 4.79 Å². The van der Waals surface area contributed by atoms with Gasteiger partial charge in [0.25, 0.3) is 0 Å². The fourth-order valence-electron chi connectivity index (χ4n) is 2.65. The van der Waals surface area contributed by atoms with Gasteiger partial charge in [0.15, 0.2) is 10.1 Å². The molecule has 0 fully saturated rings. The molecule has 0 bridgehead atoms. The Balaban J connectivity index is 1.42. The fourth-order valence-corrected chi connectivity index (χ4v) is 4.30. The molecule has 5 nitrogen and oxygen atoms in total. The van der Waals surface area contributed by atoms with Crippen molar-refractivity contribution in [2.24, 2.45) is 0 Å². The van der Waals surface area contributed by atoms with E-state index in [-0.39, 0.29) is 5.78 Å². The van der Waals surface area contributed by atoms with E-state index >= 15 is 0 Å². The predicted molar refractivity (Wildman–Crippen MR) is 108 cm³/mol. The molecule has 0 unspecified atom stereocenters. The van der Waals surface area contributed by atoms with Crippen LogP contribution in [0.1, 0.15) is 15.9 Å². The molecule has 0 radical (unpaired) electrons. The van der Waals surface area contributed by atoms with Crippen molar-refractivity contribution in [3.05, 3.63) is 65.9 Å². The molecule has 2 heterocycles. The lowest BCUT2D eigenvalue weighted by molar-refractivity contribution is 0.102. The van der Waals surface area contributed by atoms with Gasteiger partial charge in [-0.2, -0.15) is 0 Å². The molecule has 130 valence electrons. The summed E-state index contributed by atoms with van der Waals surface area (Å²) in [7, 11) is 0. The molecule has 2 N–H and O–H groups in total. The summed E-state index contributed by atoms with van der Waals surface area (Å²) >= 11 is 2.86. The molecule has 0 aliphatic carbocycles. The molecule has 7 heteroatoms. The smallest absolute Gasteiger partial charge is 0.210 e. The highest BCUT2D eigenvalue weighted by Gasteiger charge is 2.14. The van der Waals surface area contributed by atoms with Gasteiger partial charge >= 0.3 is 0 Å². The largest absolute Gasteiger partial charge is 0.360 e. The van der Waals surface area contributed by atoms with Crippen LogP contribution in [0.25, 0.3) is 10.9 Å². The van der Waals surface area contributed by atoms with Crippen molar-refractivity contribution in [1.82, 2.24) is 15.2 Å². The monoisotopic (exact) mass is 380 g/mol. The standard InChI is InChI=1S/C19H16N4OS2/c1-12-6-2-4-8-15(12)21-18-22-23-19(26-18)25-11-17(24)14-10-20-16-9-5-3-7-13(14)16/h2-10,20H,11H2,1H3,(H,21,22). The van der Waals surface area contributed by atoms with Crippen molar-refractivity contribution in [2.45, 2.75) is 11.3 Å². The van der Waals surface area contributed by atoms with Crippen LogP contribution in [-0.4, -0.2) is 26.7 Å². The number of nitrogens with one attached hydrogen (secondary N) is 2. The maximum absolute atomic E-state index is 12.5. The summed E-state index contributed by atoms with van der Waals surface area (Å²) < 4.78 is 0.772. The molecule has 0 atom stereocenters. The van der Waals surface area contributed by atoms with E-state index in [0.717, 1.165) is 37.2 Å². The van der Waals surface area contributed by atoms with E-state index in [1.165, 1.54) is 23.1 Å². The first-order valence-electron chi connectivity index (χ1n) is 8.09. The number of para-hydroxylation sites is 2. The number of H-pyrrole nitrogens is 1. The number of rotatable bonds is 6. The first-order chi connectivity index (χ1) is 12.7. The number of hydrogen-bond donors (Lipinski definition) is 2. The Bertz CT molecular complexity index is 1070. The van der Waals surface area contributed by atoms with E-state index in [2.05, 4.69) is 20.5 Å². The van der Waals surface area contributed by atoms with Gasteiger partial charge in [-0.15, -0.1) is 10.2 Å². The van der Waals surface area contributed by atoms with Gasteiger partial charge in [-0.1, -0.05) is 59.5 Å². The first kappa shape index (κ1) is 16.8. The number of Topliss-reactive ketones (excluding diaryl/α,β-unsaturated/α-hetero) is 1. The zero-order valence-electron chi connectivity index (χ0n) is 14.0. The Morgan fingerprint density at radius 3 is 2.85 bits per heavy atom. The highest BCUT2D eigenvalue weighted by atomic mass is 32.2. The topological polar surface area (TPSA) is 70.7 Å². The number of aromatic nitrogens is 3.